The van der Waals surface area contributed by atoms with E-state index in [1.54, 1.807) is 22.3 Å². The first-order chi connectivity index (χ1) is 38.1. The van der Waals surface area contributed by atoms with E-state index in [1.165, 1.54) is 125 Å². The van der Waals surface area contributed by atoms with Crippen LogP contribution in [-0.4, -0.2) is 116 Å². The maximum absolute atomic E-state index is 7.81. The van der Waals surface area contributed by atoms with E-state index < -0.39 is 25.2 Å². The van der Waals surface area contributed by atoms with Gasteiger partial charge in [0.2, 0.25) is 0 Å². The van der Waals surface area contributed by atoms with Gasteiger partial charge in [0.15, 0.2) is 0 Å². The molecule has 0 saturated carbocycles. The molecule has 18 heteroatoms. The molecule has 0 spiro atoms. The zero-order valence-corrected chi connectivity index (χ0v) is 68.7. The second-order valence-electron chi connectivity index (χ2n) is 20.6. The zero-order valence-electron chi connectivity index (χ0n) is 56.6. The van der Waals surface area contributed by atoms with Crippen LogP contribution in [0.3, 0.4) is 0 Å². The van der Waals surface area contributed by atoms with Crippen molar-refractivity contribution in [2.45, 2.75) is 189 Å². The number of rotatable bonds is 10. The van der Waals surface area contributed by atoms with E-state index in [0.717, 1.165) is 0 Å². The van der Waals surface area contributed by atoms with Crippen molar-refractivity contribution >= 4 is 77.0 Å². The molecule has 0 amide bonds. The molecule has 8 N–H and O–H groups in total. The molecule has 86 heavy (non-hydrogen) atoms. The summed E-state index contributed by atoms with van der Waals surface area (Å²) >= 11 is 16.7. The Balaban J connectivity index is -0.000000132. The van der Waals surface area contributed by atoms with Crippen LogP contribution in [-0.2, 0) is 162 Å². The fourth-order valence-corrected chi connectivity index (χ4v) is 10.6. The van der Waals surface area contributed by atoms with Crippen LogP contribution in [0.1, 0.15) is 139 Å². The van der Waals surface area contributed by atoms with Gasteiger partial charge in [-0.15, -0.1) is 23.0 Å². The third-order valence-corrected chi connectivity index (χ3v) is 19.3. The molecule has 0 aliphatic rings. The molecule has 8 nitrogen and oxygen atoms in total. The summed E-state index contributed by atoms with van der Waals surface area (Å²) in [7, 11) is -0.424. The summed E-state index contributed by atoms with van der Waals surface area (Å²) in [5.41, 5.74) is 30.1. The van der Waals surface area contributed by atoms with Crippen molar-refractivity contribution < 1.29 is 126 Å². The predicted octanol–water partition coefficient (Wildman–Crippen LogP) is 11.7. The molecule has 0 heterocycles. The van der Waals surface area contributed by atoms with Gasteiger partial charge >= 0.3 is 33.0 Å². The molecule has 6 aromatic rings. The maximum Gasteiger partial charge on any atom is 2.00 e. The van der Waals surface area contributed by atoms with Crippen molar-refractivity contribution in [3.63, 3.8) is 0 Å². The quantitative estimate of drug-likeness (QED) is 0.0216. The van der Waals surface area contributed by atoms with Crippen molar-refractivity contribution in [2.75, 3.05) is 49.7 Å². The van der Waals surface area contributed by atoms with E-state index in [2.05, 4.69) is 276 Å². The third-order valence-electron chi connectivity index (χ3n) is 15.1. The number of aliphatic hydroxyl groups excluding tert-OH is 4. The standard InChI is InChI=1S/4C11H17.2C8H11P.4C2H6O2S.2Ni.2Zr/c4*1-6-11-9(4)7(2)8(3)10(11)5;2*1-9(2)8-6-4-3-5-7-8;4*3-2(4)1-5;;;;/h4*6H2,1-5H3;2*3-7H,1-2H3;4*2-5H,1H2;;;;/q4*-1;;;;;;;2*+2;;/p-2. The van der Waals surface area contributed by atoms with Crippen LogP contribution >= 0.6 is 15.8 Å². The fraction of sp³-hybridized carbons (Fsp3) is 0.529. The Kier molecular flexibility index (Phi) is 69.4. The van der Waals surface area contributed by atoms with Crippen molar-refractivity contribution in [3.05, 3.63) is 172 Å². The molecular weight excluding hydrogens is 1430 g/mol. The minimum absolute atomic E-state index is 0. The van der Waals surface area contributed by atoms with Gasteiger partial charge in [-0.3, -0.25) is 0 Å². The Morgan fingerprint density at radius 1 is 0.302 bits per heavy atom. The number of hydrogen-bond acceptors (Lipinski definition) is 12. The number of benzene rings is 2. The van der Waals surface area contributed by atoms with Crippen LogP contribution in [0.2, 0.25) is 0 Å². The van der Waals surface area contributed by atoms with Gasteiger partial charge in [-0.1, -0.05) is 201 Å². The molecule has 0 aliphatic heterocycles. The first-order valence-corrected chi connectivity index (χ1v) is 35.7. The molecular formula is C68H112Ni2O8P2S4Zr2-2. The van der Waals surface area contributed by atoms with Crippen LogP contribution in [0.25, 0.3) is 0 Å². The smallest absolute Gasteiger partial charge is 0.788 e. The molecule has 496 valence electrons. The second-order valence-corrected chi connectivity index (χ2v) is 27.1. The molecule has 0 atom stereocenters. The van der Waals surface area contributed by atoms with Gasteiger partial charge < -0.3 is 91.4 Å². The SMILES string of the molecule is CC[c-]1c(C)c(C)c(C)c1C.CC[c-]1c(C)c(C)c(C)c1C.CC[c-]1c(C)c(C)c(C)c1C.CC[c-]1c(C)c(C)c(C)c1C.C[PH+](C)c1ccccc1.C[PH+](C)c1ccccc1.OC(O)C[S-].OC(O)C[S-].OC(O)C[S-].OC(O)C[S-].[Ni+2].[Ni+2].[Zr].[Zr]. The van der Waals surface area contributed by atoms with Crippen LogP contribution in [0.4, 0.5) is 0 Å². The monoisotopic (exact) mass is 1540 g/mol. The van der Waals surface area contributed by atoms with Crippen molar-refractivity contribution in [1.82, 2.24) is 0 Å². The van der Waals surface area contributed by atoms with Gasteiger partial charge in [-0.25, -0.2) is 0 Å². The molecule has 6 aromatic carbocycles. The summed E-state index contributed by atoms with van der Waals surface area (Å²) in [6.07, 6.45) is -0.512. The predicted molar refractivity (Wildman–Crippen MR) is 376 cm³/mol. The third kappa shape index (κ3) is 40.6. The molecule has 0 unspecified atom stereocenters. The Bertz CT molecular complexity index is 2170. The van der Waals surface area contributed by atoms with Crippen LogP contribution in [0.15, 0.2) is 60.7 Å². The van der Waals surface area contributed by atoms with Crippen molar-refractivity contribution in [2.24, 2.45) is 0 Å². The summed E-state index contributed by atoms with van der Waals surface area (Å²) < 4.78 is 0. The second kappa shape index (κ2) is 58.1. The zero-order chi connectivity index (χ0) is 64.9. The van der Waals surface area contributed by atoms with Gasteiger partial charge in [0, 0.05) is 68.3 Å². The van der Waals surface area contributed by atoms with Gasteiger partial charge in [0.1, 0.15) is 25.2 Å². The van der Waals surface area contributed by atoms with Crippen LogP contribution in [0.5, 0.6) is 0 Å². The molecule has 0 radical (unpaired) electrons. The Labute approximate surface area is 607 Å². The Hall–Kier alpha value is 0.533. The Morgan fingerprint density at radius 2 is 0.419 bits per heavy atom. The van der Waals surface area contributed by atoms with Crippen LogP contribution in [0, 0.1) is 111 Å². The molecule has 0 saturated heterocycles. The summed E-state index contributed by atoms with van der Waals surface area (Å²) in [4.78, 5) is 0. The first kappa shape index (κ1) is 103. The van der Waals surface area contributed by atoms with E-state index in [1.807, 2.05) is 0 Å². The minimum atomic E-state index is -1.30. The molecule has 6 rings (SSSR count). The van der Waals surface area contributed by atoms with Gasteiger partial charge in [0.05, 0.1) is 37.3 Å². The normalized spacial score (nSPS) is 9.79. The van der Waals surface area contributed by atoms with E-state index in [4.69, 9.17) is 40.9 Å². The fourth-order valence-electron chi connectivity index (χ4n) is 8.85. The summed E-state index contributed by atoms with van der Waals surface area (Å²) in [5.74, 6) is 0. The maximum atomic E-state index is 7.81. The topological polar surface area (TPSA) is 162 Å². The average Bonchev–Trinajstić information content (AvgIpc) is 3.94. The molecule has 0 aromatic heterocycles. The van der Waals surface area contributed by atoms with E-state index >= 15 is 0 Å². The molecule has 0 bridgehead atoms. The number of hydrogen-bond donors (Lipinski definition) is 8. The van der Waals surface area contributed by atoms with E-state index in [0.29, 0.717) is 0 Å². The van der Waals surface area contributed by atoms with Crippen LogP contribution < -0.4 is 10.6 Å². The summed E-state index contributed by atoms with van der Waals surface area (Å²) in [5, 5.41) is 65.5. The summed E-state index contributed by atoms with van der Waals surface area (Å²) in [6, 6.07) is 21.4. The van der Waals surface area contributed by atoms with Gasteiger partial charge in [0.25, 0.3) is 0 Å². The largest absolute Gasteiger partial charge is 2.00 e. The summed E-state index contributed by atoms with van der Waals surface area (Å²) in [6.45, 7) is 53.7. The van der Waals surface area contributed by atoms with E-state index in [-0.39, 0.29) is 124 Å². The minimum Gasteiger partial charge on any atom is -0.788 e. The first-order valence-electron chi connectivity index (χ1n) is 28.4. The van der Waals surface area contributed by atoms with Gasteiger partial charge in [-0.05, 0) is 24.3 Å². The molecule has 0 fully saturated rings. The van der Waals surface area contributed by atoms with Crippen molar-refractivity contribution in [1.29, 1.82) is 0 Å². The van der Waals surface area contributed by atoms with Crippen molar-refractivity contribution in [3.8, 4) is 0 Å². The Morgan fingerprint density at radius 3 is 0.477 bits per heavy atom. The average molecular weight is 1550 g/mol. The molecule has 0 aliphatic carbocycles. The van der Waals surface area contributed by atoms with Gasteiger partial charge in [-0.2, -0.15) is 111 Å². The van der Waals surface area contributed by atoms with E-state index in [9.17, 15) is 0 Å². The number of aliphatic hydroxyl groups is 8.